The molecular formula is C22H26N4O3S. The number of aryl methyl sites for hydroxylation is 1. The largest absolute Gasteiger partial charge is 0.461 e. The molecule has 0 unspecified atom stereocenters. The Morgan fingerprint density at radius 3 is 2.77 bits per heavy atom. The van der Waals surface area contributed by atoms with Gasteiger partial charge in [-0.2, -0.15) is 0 Å². The van der Waals surface area contributed by atoms with Crippen molar-refractivity contribution in [3.8, 4) is 17.3 Å². The maximum atomic E-state index is 12.3. The predicted molar refractivity (Wildman–Crippen MR) is 116 cm³/mol. The van der Waals surface area contributed by atoms with Crippen LogP contribution in [0.5, 0.6) is 0 Å². The van der Waals surface area contributed by atoms with Crippen LogP contribution in [0.1, 0.15) is 24.8 Å². The topological polar surface area (TPSA) is 73.4 Å². The van der Waals surface area contributed by atoms with Crippen LogP contribution >= 0.6 is 11.8 Å². The van der Waals surface area contributed by atoms with Gasteiger partial charge in [-0.25, -0.2) is 0 Å². The number of rotatable bonds is 8. The van der Waals surface area contributed by atoms with Gasteiger partial charge < -0.3 is 14.1 Å². The van der Waals surface area contributed by atoms with Gasteiger partial charge in [-0.15, -0.1) is 10.2 Å². The van der Waals surface area contributed by atoms with Crippen molar-refractivity contribution in [2.24, 2.45) is 0 Å². The highest BCUT2D eigenvalue weighted by Gasteiger charge is 2.19. The molecule has 8 heteroatoms. The zero-order chi connectivity index (χ0) is 20.8. The minimum Gasteiger partial charge on any atom is -0.461 e. The lowest BCUT2D eigenvalue weighted by Crippen LogP contribution is -2.40. The van der Waals surface area contributed by atoms with Crippen molar-refractivity contribution < 1.29 is 13.9 Å². The van der Waals surface area contributed by atoms with Gasteiger partial charge in [0.05, 0.1) is 25.2 Å². The van der Waals surface area contributed by atoms with E-state index in [9.17, 15) is 4.79 Å². The fraction of sp³-hybridized carbons (Fsp3) is 0.409. The van der Waals surface area contributed by atoms with Crippen molar-refractivity contribution >= 4 is 17.7 Å². The van der Waals surface area contributed by atoms with E-state index in [4.69, 9.17) is 9.15 Å². The number of aromatic nitrogens is 3. The molecule has 3 aromatic rings. The van der Waals surface area contributed by atoms with Crippen LogP contribution in [0.2, 0.25) is 0 Å². The van der Waals surface area contributed by atoms with E-state index in [0.29, 0.717) is 44.3 Å². The molecule has 0 N–H and O–H groups in total. The summed E-state index contributed by atoms with van der Waals surface area (Å²) in [4.78, 5) is 14.2. The Bertz CT molecular complexity index is 965. The first-order valence-electron chi connectivity index (χ1n) is 10.3. The van der Waals surface area contributed by atoms with Gasteiger partial charge >= 0.3 is 0 Å². The molecule has 1 aromatic carbocycles. The second kappa shape index (κ2) is 9.95. The number of furan rings is 1. The Balaban J connectivity index is 1.39. The molecule has 2 aromatic heterocycles. The van der Waals surface area contributed by atoms with Gasteiger partial charge in [-0.1, -0.05) is 23.9 Å². The van der Waals surface area contributed by atoms with Crippen molar-refractivity contribution in [2.45, 2.75) is 31.3 Å². The van der Waals surface area contributed by atoms with Crippen LogP contribution in [0, 0.1) is 6.92 Å². The number of ether oxygens (including phenoxy) is 1. The summed E-state index contributed by atoms with van der Waals surface area (Å²) in [6.07, 6.45) is 4.04. The van der Waals surface area contributed by atoms with E-state index in [1.807, 2.05) is 33.7 Å². The summed E-state index contributed by atoms with van der Waals surface area (Å²) in [6.45, 7) is 4.78. The second-order valence-electron chi connectivity index (χ2n) is 7.26. The van der Waals surface area contributed by atoms with E-state index in [-0.39, 0.29) is 5.91 Å². The standard InChI is InChI=1S/C22H26N4O3S/c1-17-6-4-7-18(16-17)26-21(19-8-5-12-29-19)23-24-22(26)30-15-3-2-9-20(27)25-10-13-28-14-11-25/h4-8,12,16H,2-3,9-11,13-15H2,1H3. The number of amides is 1. The lowest BCUT2D eigenvalue weighted by molar-refractivity contribution is -0.135. The zero-order valence-corrected chi connectivity index (χ0v) is 17.9. The van der Waals surface area contributed by atoms with Crippen LogP contribution in [0.3, 0.4) is 0 Å². The number of benzene rings is 1. The van der Waals surface area contributed by atoms with E-state index in [2.05, 4.69) is 29.3 Å². The van der Waals surface area contributed by atoms with Crippen molar-refractivity contribution in [2.75, 3.05) is 32.1 Å². The highest BCUT2D eigenvalue weighted by molar-refractivity contribution is 7.99. The van der Waals surface area contributed by atoms with Crippen LogP contribution in [-0.4, -0.2) is 57.6 Å². The molecule has 4 rings (SSSR count). The van der Waals surface area contributed by atoms with Crippen LogP contribution in [0.15, 0.2) is 52.2 Å². The summed E-state index contributed by atoms with van der Waals surface area (Å²) in [6, 6.07) is 12.0. The quantitative estimate of drug-likeness (QED) is 0.401. The molecule has 1 fully saturated rings. The predicted octanol–water partition coefficient (Wildman–Crippen LogP) is 3.96. The average molecular weight is 427 g/mol. The lowest BCUT2D eigenvalue weighted by atomic mass is 10.2. The van der Waals surface area contributed by atoms with Crippen molar-refractivity contribution in [1.29, 1.82) is 0 Å². The number of hydrogen-bond acceptors (Lipinski definition) is 6. The fourth-order valence-corrected chi connectivity index (χ4v) is 4.39. The molecule has 1 aliphatic rings. The minimum atomic E-state index is 0.228. The number of carbonyl (C=O) groups excluding carboxylic acids is 1. The molecule has 158 valence electrons. The zero-order valence-electron chi connectivity index (χ0n) is 17.1. The Kier molecular flexibility index (Phi) is 6.86. The summed E-state index contributed by atoms with van der Waals surface area (Å²) >= 11 is 1.66. The second-order valence-corrected chi connectivity index (χ2v) is 8.32. The summed E-state index contributed by atoms with van der Waals surface area (Å²) < 4.78 is 12.9. The number of carbonyl (C=O) groups is 1. The highest BCUT2D eigenvalue weighted by Crippen LogP contribution is 2.29. The van der Waals surface area contributed by atoms with Gasteiger partial charge in [0.2, 0.25) is 11.7 Å². The van der Waals surface area contributed by atoms with Gasteiger partial charge in [-0.05, 0) is 49.6 Å². The molecule has 0 spiro atoms. The molecule has 0 saturated carbocycles. The van der Waals surface area contributed by atoms with E-state index in [1.165, 1.54) is 5.56 Å². The number of thioether (sulfide) groups is 1. The third kappa shape index (κ3) is 4.94. The van der Waals surface area contributed by atoms with E-state index >= 15 is 0 Å². The maximum Gasteiger partial charge on any atom is 0.222 e. The Morgan fingerprint density at radius 2 is 2.00 bits per heavy atom. The summed E-state index contributed by atoms with van der Waals surface area (Å²) in [5, 5.41) is 9.62. The van der Waals surface area contributed by atoms with Crippen LogP contribution < -0.4 is 0 Å². The first-order valence-corrected chi connectivity index (χ1v) is 11.3. The first kappa shape index (κ1) is 20.7. The molecular weight excluding hydrogens is 400 g/mol. The van der Waals surface area contributed by atoms with Crippen LogP contribution in [0.4, 0.5) is 0 Å². The molecule has 0 aliphatic carbocycles. The Morgan fingerprint density at radius 1 is 1.13 bits per heavy atom. The molecule has 0 bridgehead atoms. The van der Waals surface area contributed by atoms with Crippen LogP contribution in [0.25, 0.3) is 17.3 Å². The van der Waals surface area contributed by atoms with E-state index < -0.39 is 0 Å². The van der Waals surface area contributed by atoms with Gasteiger partial charge in [0.1, 0.15) is 0 Å². The first-order chi connectivity index (χ1) is 14.7. The van der Waals surface area contributed by atoms with Gasteiger partial charge in [0.15, 0.2) is 10.9 Å². The number of nitrogens with zero attached hydrogens (tertiary/aromatic N) is 4. The molecule has 30 heavy (non-hydrogen) atoms. The maximum absolute atomic E-state index is 12.3. The van der Waals surface area contributed by atoms with Gasteiger partial charge in [0, 0.05) is 25.3 Å². The molecule has 7 nitrogen and oxygen atoms in total. The van der Waals surface area contributed by atoms with Gasteiger partial charge in [0.25, 0.3) is 0 Å². The molecule has 1 amide bonds. The molecule has 0 atom stereocenters. The number of morpholine rings is 1. The van der Waals surface area contributed by atoms with Crippen LogP contribution in [-0.2, 0) is 9.53 Å². The molecule has 1 saturated heterocycles. The fourth-order valence-electron chi connectivity index (χ4n) is 3.44. The summed E-state index contributed by atoms with van der Waals surface area (Å²) in [7, 11) is 0. The summed E-state index contributed by atoms with van der Waals surface area (Å²) in [5.41, 5.74) is 2.18. The Hall–Kier alpha value is -2.58. The average Bonchev–Trinajstić information content (AvgIpc) is 3.44. The number of unbranched alkanes of at least 4 members (excludes halogenated alkanes) is 1. The smallest absolute Gasteiger partial charge is 0.222 e. The third-order valence-corrected chi connectivity index (χ3v) is 6.03. The monoisotopic (exact) mass is 426 g/mol. The summed E-state index contributed by atoms with van der Waals surface area (Å²) in [5.74, 6) is 2.48. The van der Waals surface area contributed by atoms with Gasteiger partial charge in [-0.3, -0.25) is 9.36 Å². The molecule has 0 radical (unpaired) electrons. The van der Waals surface area contributed by atoms with Crippen molar-refractivity contribution in [3.05, 3.63) is 48.2 Å². The minimum absolute atomic E-state index is 0.228. The van der Waals surface area contributed by atoms with Crippen molar-refractivity contribution in [3.63, 3.8) is 0 Å². The highest BCUT2D eigenvalue weighted by atomic mass is 32.2. The Labute approximate surface area is 180 Å². The van der Waals surface area contributed by atoms with Crippen molar-refractivity contribution in [1.82, 2.24) is 19.7 Å². The van der Waals surface area contributed by atoms with E-state index in [0.717, 1.165) is 29.4 Å². The SMILES string of the molecule is Cc1cccc(-n2c(SCCCCC(=O)N3CCOCC3)nnc2-c2ccco2)c1. The molecule has 3 heterocycles. The van der Waals surface area contributed by atoms with E-state index in [1.54, 1.807) is 18.0 Å². The normalized spacial score (nSPS) is 14.2. The molecule has 1 aliphatic heterocycles. The third-order valence-electron chi connectivity index (χ3n) is 5.01. The lowest BCUT2D eigenvalue weighted by Gasteiger charge is -2.26. The number of hydrogen-bond donors (Lipinski definition) is 0.